The molecule has 2 N–H and O–H groups in total. The summed E-state index contributed by atoms with van der Waals surface area (Å²) in [7, 11) is 1.65. The first-order chi connectivity index (χ1) is 43.2. The summed E-state index contributed by atoms with van der Waals surface area (Å²) in [6.07, 6.45) is 0.633. The molecule has 2 amide bonds. The van der Waals surface area contributed by atoms with Gasteiger partial charge in [-0.05, 0) is 106 Å². The smallest absolute Gasteiger partial charge is 0.271 e. The average molecular weight is 1220 g/mol. The van der Waals surface area contributed by atoms with Gasteiger partial charge in [0.05, 0.1) is 26.2 Å². The van der Waals surface area contributed by atoms with E-state index in [1.807, 2.05) is 145 Å². The number of thiazole rings is 2. The summed E-state index contributed by atoms with van der Waals surface area (Å²) in [4.78, 5) is 41.5. The van der Waals surface area contributed by atoms with E-state index in [1.54, 1.807) is 24.6 Å². The standard InChI is InChI=1S/C70H63FN6O9S2/c1-80-63-33-58(27-22-53(63)37-77(36-51-21-28-62-64(30-51)84-45-83-62)40-68-74-61(44-88-68)70(79)75-59(52-15-9-4-10-16-52)29-47-11-5-2-6-12-47)82-42-55-32-66-65(85-46-86-66)31-54(55)38-76(35-49-19-25-57(26-20-49)81-41-50-13-7-3-8-14-50)39-67-73-60(43-87-67)69(78)72-34-48-17-23-56(71)24-18-48/h2-28,30-33,43-44,59H,29,34-42,45-46H2,1H3,(H,72,78)(H,75,79). The highest BCUT2D eigenvalue weighted by molar-refractivity contribution is 7.10. The van der Waals surface area contributed by atoms with Crippen LogP contribution < -0.4 is 43.8 Å². The number of nitrogens with one attached hydrogen (secondary N) is 2. The molecule has 15 nitrogen and oxygen atoms in total. The van der Waals surface area contributed by atoms with Crippen LogP contribution in [0.5, 0.6) is 40.2 Å². The van der Waals surface area contributed by atoms with E-state index in [0.29, 0.717) is 98.2 Å². The molecule has 0 radical (unpaired) electrons. The van der Waals surface area contributed by atoms with Crippen molar-refractivity contribution in [2.75, 3.05) is 20.7 Å². The minimum Gasteiger partial charge on any atom is -0.496 e. The van der Waals surface area contributed by atoms with Gasteiger partial charge in [0, 0.05) is 55.1 Å². The highest BCUT2D eigenvalue weighted by Gasteiger charge is 2.24. The molecule has 446 valence electrons. The fourth-order valence-electron chi connectivity index (χ4n) is 10.5. The molecule has 2 aliphatic heterocycles. The van der Waals surface area contributed by atoms with Gasteiger partial charge in [0.25, 0.3) is 11.8 Å². The summed E-state index contributed by atoms with van der Waals surface area (Å²) in [5, 5.41) is 11.3. The molecule has 1 atom stereocenters. The SMILES string of the molecule is COc1cc(OCc2cc3c(cc2CN(Cc2ccc(OCc4ccccc4)cc2)Cc2nc(C(=O)NCc4ccc(F)cc4)cs2)OCO3)ccc1CN(Cc1ccc2c(c1)OCO2)Cc1nc(C(=O)NC(Cc2ccccc2)c2ccccc2)cs1. The van der Waals surface area contributed by atoms with Gasteiger partial charge in [0.1, 0.15) is 57.7 Å². The van der Waals surface area contributed by atoms with Crippen molar-refractivity contribution < 1.29 is 47.1 Å². The van der Waals surface area contributed by atoms with E-state index in [9.17, 15) is 14.0 Å². The Labute approximate surface area is 517 Å². The Balaban J connectivity index is 0.756. The lowest BCUT2D eigenvalue weighted by atomic mass is 9.99. The molecule has 8 aromatic carbocycles. The van der Waals surface area contributed by atoms with E-state index in [-0.39, 0.29) is 50.4 Å². The van der Waals surface area contributed by atoms with Crippen LogP contribution in [0.2, 0.25) is 0 Å². The molecule has 4 heterocycles. The normalized spacial score (nSPS) is 12.5. The second-order valence-corrected chi connectivity index (χ2v) is 23.2. The highest BCUT2D eigenvalue weighted by atomic mass is 32.1. The van der Waals surface area contributed by atoms with Gasteiger partial charge in [-0.15, -0.1) is 22.7 Å². The van der Waals surface area contributed by atoms with Gasteiger partial charge in [0.15, 0.2) is 23.0 Å². The number of amides is 2. The van der Waals surface area contributed by atoms with Gasteiger partial charge >= 0.3 is 0 Å². The second-order valence-electron chi connectivity index (χ2n) is 21.3. The molecule has 0 fully saturated rings. The second kappa shape index (κ2) is 28.3. The first-order valence-electron chi connectivity index (χ1n) is 28.8. The molecule has 10 aromatic rings. The van der Waals surface area contributed by atoms with E-state index in [1.165, 1.54) is 34.8 Å². The number of methoxy groups -OCH3 is 1. The largest absolute Gasteiger partial charge is 0.496 e. The Morgan fingerprint density at radius 3 is 1.76 bits per heavy atom. The number of carbonyl (C=O) groups is 2. The van der Waals surface area contributed by atoms with Crippen molar-refractivity contribution in [3.63, 3.8) is 0 Å². The molecule has 2 aromatic heterocycles. The number of ether oxygens (including phenoxy) is 7. The van der Waals surface area contributed by atoms with Crippen molar-refractivity contribution in [1.29, 1.82) is 0 Å². The Bertz CT molecular complexity index is 3970. The third kappa shape index (κ3) is 15.5. The van der Waals surface area contributed by atoms with Crippen molar-refractivity contribution in [2.45, 2.75) is 71.5 Å². The lowest BCUT2D eigenvalue weighted by Crippen LogP contribution is -2.30. The van der Waals surface area contributed by atoms with Gasteiger partial charge < -0.3 is 43.8 Å². The monoisotopic (exact) mass is 1210 g/mol. The topological polar surface area (TPSA) is 155 Å². The number of hydrogen-bond acceptors (Lipinski definition) is 15. The van der Waals surface area contributed by atoms with Crippen LogP contribution in [0.4, 0.5) is 4.39 Å². The first-order valence-corrected chi connectivity index (χ1v) is 30.6. The Morgan fingerprint density at radius 1 is 0.523 bits per heavy atom. The molecule has 0 aliphatic carbocycles. The minimum absolute atomic E-state index is 0.0976. The third-order valence-electron chi connectivity index (χ3n) is 15.0. The summed E-state index contributed by atoms with van der Waals surface area (Å²) in [5.74, 6) is 3.76. The maximum Gasteiger partial charge on any atom is 0.271 e. The van der Waals surface area contributed by atoms with E-state index in [0.717, 1.165) is 65.8 Å². The number of halogens is 1. The number of benzene rings is 8. The van der Waals surface area contributed by atoms with E-state index in [2.05, 4.69) is 44.7 Å². The van der Waals surface area contributed by atoms with Crippen LogP contribution in [0.25, 0.3) is 0 Å². The van der Waals surface area contributed by atoms with Crippen LogP contribution in [0.3, 0.4) is 0 Å². The fraction of sp³-hybridized carbons (Fsp3) is 0.200. The summed E-state index contributed by atoms with van der Waals surface area (Å²) in [6.45, 7) is 4.02. The molecule has 12 rings (SSSR count). The Morgan fingerprint density at radius 2 is 1.08 bits per heavy atom. The number of fused-ring (bicyclic) bond motifs is 2. The van der Waals surface area contributed by atoms with Crippen LogP contribution in [0, 0.1) is 5.82 Å². The van der Waals surface area contributed by atoms with E-state index in [4.69, 9.17) is 43.1 Å². The molecule has 18 heteroatoms. The zero-order valence-corrected chi connectivity index (χ0v) is 49.9. The molecule has 0 saturated carbocycles. The molecule has 0 spiro atoms. The van der Waals surface area contributed by atoms with Crippen LogP contribution in [-0.4, -0.2) is 52.3 Å². The maximum absolute atomic E-state index is 14.0. The fourth-order valence-corrected chi connectivity index (χ4v) is 12.1. The zero-order valence-electron chi connectivity index (χ0n) is 48.3. The van der Waals surface area contributed by atoms with E-state index >= 15 is 0 Å². The van der Waals surface area contributed by atoms with E-state index < -0.39 is 0 Å². The molecule has 1 unspecified atom stereocenters. The quantitative estimate of drug-likeness (QED) is 0.0502. The van der Waals surface area contributed by atoms with Crippen LogP contribution >= 0.6 is 22.7 Å². The van der Waals surface area contributed by atoms with Crippen molar-refractivity contribution >= 4 is 34.5 Å². The minimum atomic E-state index is -0.338. The predicted octanol–water partition coefficient (Wildman–Crippen LogP) is 13.4. The average Bonchev–Trinajstić information content (AvgIpc) is 3.18. The Hall–Kier alpha value is -9.59. The Kier molecular flexibility index (Phi) is 18.9. The number of aromatic nitrogens is 2. The maximum atomic E-state index is 14.0. The van der Waals surface area contributed by atoms with Crippen molar-refractivity contribution in [1.82, 2.24) is 30.4 Å². The first kappa shape index (κ1) is 58.8. The molecule has 2 aliphatic rings. The van der Waals surface area contributed by atoms with Gasteiger partial charge in [-0.25, -0.2) is 14.4 Å². The van der Waals surface area contributed by atoms with Gasteiger partial charge in [-0.1, -0.05) is 127 Å². The van der Waals surface area contributed by atoms with Gasteiger partial charge in [-0.3, -0.25) is 19.4 Å². The molecular formula is C70H63FN6O9S2. The van der Waals surface area contributed by atoms with Crippen molar-refractivity contribution in [2.24, 2.45) is 0 Å². The summed E-state index contributed by atoms with van der Waals surface area (Å²) >= 11 is 2.86. The summed E-state index contributed by atoms with van der Waals surface area (Å²) in [5.41, 5.74) is 9.49. The zero-order chi connectivity index (χ0) is 60.0. The highest BCUT2D eigenvalue weighted by Crippen LogP contribution is 2.38. The number of hydrogen-bond donors (Lipinski definition) is 2. The number of carbonyl (C=O) groups excluding carboxylic acids is 2. The van der Waals surface area contributed by atoms with Crippen molar-refractivity contribution in [3.05, 3.63) is 276 Å². The lowest BCUT2D eigenvalue weighted by Gasteiger charge is -2.24. The predicted molar refractivity (Wildman–Crippen MR) is 334 cm³/mol. The molecular weight excluding hydrogens is 1150 g/mol. The molecule has 88 heavy (non-hydrogen) atoms. The molecule has 0 saturated heterocycles. The number of rotatable bonds is 27. The van der Waals surface area contributed by atoms with Gasteiger partial charge in [0.2, 0.25) is 13.6 Å². The van der Waals surface area contributed by atoms with Crippen LogP contribution in [0.1, 0.15) is 87.1 Å². The summed E-state index contributed by atoms with van der Waals surface area (Å²) in [6, 6.07) is 59.9. The van der Waals surface area contributed by atoms with Crippen LogP contribution in [-0.2, 0) is 65.4 Å². The third-order valence-corrected chi connectivity index (χ3v) is 16.7. The lowest BCUT2D eigenvalue weighted by molar-refractivity contribution is 0.0928. The van der Waals surface area contributed by atoms with Gasteiger partial charge in [-0.2, -0.15) is 0 Å². The number of nitrogens with zero attached hydrogens (tertiary/aromatic N) is 4. The summed E-state index contributed by atoms with van der Waals surface area (Å²) < 4.78 is 55.7. The van der Waals surface area contributed by atoms with Crippen molar-refractivity contribution in [3.8, 4) is 40.2 Å². The van der Waals surface area contributed by atoms with Crippen LogP contribution in [0.15, 0.2) is 199 Å². The molecule has 0 bridgehead atoms.